The second kappa shape index (κ2) is 64.7. The molecule has 6 atom stereocenters. The number of unbranched alkanes of at least 4 members (excludes halogenated alkanes) is 39. The SMILES string of the molecule is CCCCCCCCCCCCCCCCCCCC(=O)OC[C@H](COP(=O)(O)OC[C@@H](O)COP(=O)(O)OC[C@@H](COC(=O)CCCCCCCCC(C)C)OC(=O)CCCCCCCCC(C)CC)OC(=O)CCCCCCCCCCCCCCCCC(C)C. The third-order valence-corrected chi connectivity index (χ3v) is 19.4. The standard InChI is InChI=1S/C74H144O17P2/c1-8-10-11-12-13-14-15-16-17-18-19-23-26-29-32-41-48-55-71(76)84-61-69(90-73(78)57-50-43-33-30-27-24-21-20-22-25-28-31-38-45-52-65(3)4)63-88-92(80,81)86-59-68(75)60-87-93(82,83)89-64-70(62-85-72(77)56-49-42-36-34-39-46-53-66(5)6)91-74(79)58-51-44-37-35-40-47-54-67(7)9-2/h65-70,75H,8-64H2,1-7H3,(H,80,81)(H,82,83)/t67?,68-,69-,70-/m1/s1. The van der Waals surface area contributed by atoms with Crippen LogP contribution in [0.15, 0.2) is 0 Å². The van der Waals surface area contributed by atoms with Crippen molar-refractivity contribution in [3.8, 4) is 0 Å². The highest BCUT2D eigenvalue weighted by molar-refractivity contribution is 7.47. The van der Waals surface area contributed by atoms with E-state index in [-0.39, 0.29) is 25.7 Å². The molecule has 0 aromatic rings. The minimum absolute atomic E-state index is 0.102. The van der Waals surface area contributed by atoms with E-state index < -0.39 is 97.5 Å². The van der Waals surface area contributed by atoms with E-state index in [1.807, 2.05) is 0 Å². The fraction of sp³-hybridized carbons (Fsp3) is 0.946. The summed E-state index contributed by atoms with van der Waals surface area (Å²) in [5.74, 6) is 0.0692. The van der Waals surface area contributed by atoms with Crippen LogP contribution in [-0.4, -0.2) is 96.7 Å². The van der Waals surface area contributed by atoms with Crippen molar-refractivity contribution in [1.82, 2.24) is 0 Å². The molecule has 0 amide bonds. The van der Waals surface area contributed by atoms with Gasteiger partial charge in [0.1, 0.15) is 19.3 Å². The molecule has 19 heteroatoms. The monoisotopic (exact) mass is 1370 g/mol. The summed E-state index contributed by atoms with van der Waals surface area (Å²) in [6.07, 6.45) is 50.2. The van der Waals surface area contributed by atoms with Gasteiger partial charge < -0.3 is 33.8 Å². The summed E-state index contributed by atoms with van der Waals surface area (Å²) >= 11 is 0. The van der Waals surface area contributed by atoms with E-state index in [2.05, 4.69) is 48.5 Å². The summed E-state index contributed by atoms with van der Waals surface area (Å²) in [6.45, 7) is 11.8. The Kier molecular flexibility index (Phi) is 63.4. The van der Waals surface area contributed by atoms with E-state index in [1.54, 1.807) is 0 Å². The van der Waals surface area contributed by atoms with Gasteiger partial charge in [-0.05, 0) is 43.4 Å². The normalized spacial score (nSPS) is 14.4. The number of hydrogen-bond acceptors (Lipinski definition) is 15. The minimum Gasteiger partial charge on any atom is -0.462 e. The molecular formula is C74H144O17P2. The van der Waals surface area contributed by atoms with Crippen molar-refractivity contribution in [1.29, 1.82) is 0 Å². The van der Waals surface area contributed by atoms with Gasteiger partial charge in [0, 0.05) is 25.7 Å². The Morgan fingerprint density at radius 2 is 0.548 bits per heavy atom. The number of carbonyl (C=O) groups excluding carboxylic acids is 4. The van der Waals surface area contributed by atoms with Crippen molar-refractivity contribution >= 4 is 39.5 Å². The molecule has 0 saturated heterocycles. The van der Waals surface area contributed by atoms with Gasteiger partial charge >= 0.3 is 39.5 Å². The Bertz CT molecular complexity index is 1820. The number of aliphatic hydroxyl groups is 1. The summed E-state index contributed by atoms with van der Waals surface area (Å²) in [4.78, 5) is 72.6. The molecule has 552 valence electrons. The lowest BCUT2D eigenvalue weighted by Crippen LogP contribution is -2.30. The number of phosphoric ester groups is 2. The number of phosphoric acid groups is 2. The van der Waals surface area contributed by atoms with E-state index in [4.69, 9.17) is 37.0 Å². The fourth-order valence-electron chi connectivity index (χ4n) is 11.2. The number of esters is 4. The largest absolute Gasteiger partial charge is 0.472 e. The third-order valence-electron chi connectivity index (χ3n) is 17.5. The highest BCUT2D eigenvalue weighted by Gasteiger charge is 2.30. The van der Waals surface area contributed by atoms with Gasteiger partial charge in [0.2, 0.25) is 0 Å². The Morgan fingerprint density at radius 3 is 0.817 bits per heavy atom. The maximum Gasteiger partial charge on any atom is 0.472 e. The average molecular weight is 1370 g/mol. The Balaban J connectivity index is 5.22. The van der Waals surface area contributed by atoms with E-state index in [9.17, 15) is 43.2 Å². The van der Waals surface area contributed by atoms with Crippen LogP contribution in [0.4, 0.5) is 0 Å². The molecule has 0 aliphatic rings. The summed E-state index contributed by atoms with van der Waals surface area (Å²) in [7, 11) is -9.91. The molecule has 3 unspecified atom stereocenters. The van der Waals surface area contributed by atoms with E-state index in [0.717, 1.165) is 108 Å². The third kappa shape index (κ3) is 67.0. The number of hydrogen-bond donors (Lipinski definition) is 3. The van der Waals surface area contributed by atoms with Crippen LogP contribution in [0.25, 0.3) is 0 Å². The maximum atomic E-state index is 13.1. The fourth-order valence-corrected chi connectivity index (χ4v) is 12.8. The van der Waals surface area contributed by atoms with Gasteiger partial charge in [0.25, 0.3) is 0 Å². The molecule has 0 radical (unpaired) electrons. The Hall–Kier alpha value is -1.94. The van der Waals surface area contributed by atoms with Crippen LogP contribution in [0.2, 0.25) is 0 Å². The number of ether oxygens (including phenoxy) is 4. The second-order valence-corrected chi connectivity index (χ2v) is 30.8. The molecule has 0 aromatic heterocycles. The first-order valence-electron chi connectivity index (χ1n) is 38.4. The van der Waals surface area contributed by atoms with Crippen LogP contribution in [0.1, 0.15) is 376 Å². The van der Waals surface area contributed by atoms with Crippen molar-refractivity contribution in [2.24, 2.45) is 17.8 Å². The summed E-state index contributed by atoms with van der Waals surface area (Å²) in [5.41, 5.74) is 0. The first-order valence-corrected chi connectivity index (χ1v) is 41.4. The van der Waals surface area contributed by atoms with Gasteiger partial charge in [-0.25, -0.2) is 9.13 Å². The molecule has 0 heterocycles. The van der Waals surface area contributed by atoms with Gasteiger partial charge in [-0.1, -0.05) is 325 Å². The van der Waals surface area contributed by atoms with Crippen molar-refractivity contribution in [3.63, 3.8) is 0 Å². The van der Waals surface area contributed by atoms with E-state index in [1.165, 1.54) is 180 Å². The molecule has 93 heavy (non-hydrogen) atoms. The van der Waals surface area contributed by atoms with Crippen molar-refractivity contribution < 1.29 is 80.2 Å². The number of carbonyl (C=O) groups is 4. The molecule has 0 spiro atoms. The molecule has 17 nitrogen and oxygen atoms in total. The van der Waals surface area contributed by atoms with Crippen molar-refractivity contribution in [3.05, 3.63) is 0 Å². The number of rotatable bonds is 72. The van der Waals surface area contributed by atoms with Gasteiger partial charge in [0.05, 0.1) is 26.4 Å². The second-order valence-electron chi connectivity index (χ2n) is 27.9. The van der Waals surface area contributed by atoms with Gasteiger partial charge in [-0.15, -0.1) is 0 Å². The van der Waals surface area contributed by atoms with Gasteiger partial charge in [-0.2, -0.15) is 0 Å². The zero-order valence-electron chi connectivity index (χ0n) is 60.7. The maximum absolute atomic E-state index is 13.1. The van der Waals surface area contributed by atoms with Crippen LogP contribution in [-0.2, 0) is 65.4 Å². The minimum atomic E-state index is -4.96. The van der Waals surface area contributed by atoms with Crippen molar-refractivity contribution in [2.75, 3.05) is 39.6 Å². The average Bonchev–Trinajstić information content (AvgIpc) is 2.41. The van der Waals surface area contributed by atoms with Crippen molar-refractivity contribution in [2.45, 2.75) is 394 Å². The quantitative estimate of drug-likeness (QED) is 0.0222. The molecule has 0 aliphatic carbocycles. The van der Waals surface area contributed by atoms with Gasteiger partial charge in [-0.3, -0.25) is 37.3 Å². The number of aliphatic hydroxyl groups excluding tert-OH is 1. The summed E-state index contributed by atoms with van der Waals surface area (Å²) in [6, 6.07) is 0. The lowest BCUT2D eigenvalue weighted by Gasteiger charge is -2.21. The zero-order chi connectivity index (χ0) is 68.7. The van der Waals surface area contributed by atoms with E-state index in [0.29, 0.717) is 31.6 Å². The first kappa shape index (κ1) is 91.1. The van der Waals surface area contributed by atoms with Crippen LogP contribution >= 0.6 is 15.6 Å². The summed E-state index contributed by atoms with van der Waals surface area (Å²) < 4.78 is 68.4. The predicted octanol–water partition coefficient (Wildman–Crippen LogP) is 21.4. The highest BCUT2D eigenvalue weighted by Crippen LogP contribution is 2.45. The lowest BCUT2D eigenvalue weighted by atomic mass is 10.00. The molecule has 0 aliphatic heterocycles. The van der Waals surface area contributed by atoms with Gasteiger partial charge in [0.15, 0.2) is 12.2 Å². The molecule has 0 rings (SSSR count). The highest BCUT2D eigenvalue weighted by atomic mass is 31.2. The Labute approximate surface area is 568 Å². The van der Waals surface area contributed by atoms with Crippen LogP contribution in [0, 0.1) is 17.8 Å². The molecule has 0 aromatic carbocycles. The molecule has 3 N–H and O–H groups in total. The Morgan fingerprint density at radius 1 is 0.312 bits per heavy atom. The molecular weight excluding hydrogens is 1220 g/mol. The van der Waals surface area contributed by atoms with Crippen LogP contribution in [0.5, 0.6) is 0 Å². The molecule has 0 bridgehead atoms. The zero-order valence-corrected chi connectivity index (χ0v) is 62.5. The molecule has 0 fully saturated rings. The van der Waals surface area contributed by atoms with Crippen LogP contribution < -0.4 is 0 Å². The summed E-state index contributed by atoms with van der Waals surface area (Å²) in [5, 5.41) is 10.6. The predicted molar refractivity (Wildman–Crippen MR) is 377 cm³/mol. The lowest BCUT2D eigenvalue weighted by molar-refractivity contribution is -0.161. The topological polar surface area (TPSA) is 237 Å². The first-order chi connectivity index (χ1) is 44.8. The smallest absolute Gasteiger partial charge is 0.462 e. The van der Waals surface area contributed by atoms with E-state index >= 15 is 0 Å². The molecule has 0 saturated carbocycles. The van der Waals surface area contributed by atoms with Crippen LogP contribution in [0.3, 0.4) is 0 Å².